The molecule has 0 saturated carbocycles. The molecular formula is C9H19NO2. The molecule has 0 aromatic heterocycles. The van der Waals surface area contributed by atoms with Crippen LogP contribution in [0.2, 0.25) is 0 Å². The zero-order chi connectivity index (χ0) is 9.03. The van der Waals surface area contributed by atoms with Gasteiger partial charge in [0.25, 0.3) is 0 Å². The van der Waals surface area contributed by atoms with E-state index in [0.717, 1.165) is 26.1 Å². The van der Waals surface area contributed by atoms with Crippen LogP contribution < -0.4 is 5.32 Å². The predicted octanol–water partition coefficient (Wildman–Crippen LogP) is 0.790. The second-order valence-electron chi connectivity index (χ2n) is 3.66. The normalized spacial score (nSPS) is 21.0. The number of ether oxygens (including phenoxy) is 2. The fraction of sp³-hybridized carbons (Fsp3) is 1.00. The van der Waals surface area contributed by atoms with E-state index < -0.39 is 0 Å². The molecule has 1 fully saturated rings. The Hall–Kier alpha value is -0.120. The van der Waals surface area contributed by atoms with E-state index in [1.54, 1.807) is 7.11 Å². The second-order valence-corrected chi connectivity index (χ2v) is 3.66. The predicted molar refractivity (Wildman–Crippen MR) is 48.3 cm³/mol. The van der Waals surface area contributed by atoms with Crippen LogP contribution >= 0.6 is 0 Å². The van der Waals surface area contributed by atoms with Crippen molar-refractivity contribution < 1.29 is 9.47 Å². The van der Waals surface area contributed by atoms with Crippen LogP contribution in [0.3, 0.4) is 0 Å². The SMILES string of the molecule is COC1(CCOC(C)C)CNC1. The van der Waals surface area contributed by atoms with Crippen molar-refractivity contribution in [2.75, 3.05) is 26.8 Å². The molecule has 72 valence electrons. The summed E-state index contributed by atoms with van der Waals surface area (Å²) in [4.78, 5) is 0. The van der Waals surface area contributed by atoms with Crippen LogP contribution in [-0.2, 0) is 9.47 Å². The van der Waals surface area contributed by atoms with Crippen LogP contribution in [-0.4, -0.2) is 38.5 Å². The average Bonchev–Trinajstić information content (AvgIpc) is 1.94. The van der Waals surface area contributed by atoms with E-state index in [4.69, 9.17) is 9.47 Å². The van der Waals surface area contributed by atoms with Crippen LogP contribution in [0.5, 0.6) is 0 Å². The van der Waals surface area contributed by atoms with E-state index in [1.807, 2.05) is 0 Å². The zero-order valence-corrected chi connectivity index (χ0v) is 8.22. The van der Waals surface area contributed by atoms with Crippen LogP contribution in [0.1, 0.15) is 20.3 Å². The molecular weight excluding hydrogens is 154 g/mol. The van der Waals surface area contributed by atoms with E-state index in [0.29, 0.717) is 6.10 Å². The highest BCUT2D eigenvalue weighted by molar-refractivity contribution is 4.94. The molecule has 1 rings (SSSR count). The topological polar surface area (TPSA) is 30.5 Å². The Bertz CT molecular complexity index is 127. The van der Waals surface area contributed by atoms with Gasteiger partial charge in [-0.2, -0.15) is 0 Å². The van der Waals surface area contributed by atoms with Crippen molar-refractivity contribution in [3.8, 4) is 0 Å². The third kappa shape index (κ3) is 2.44. The average molecular weight is 173 g/mol. The molecule has 1 aliphatic heterocycles. The highest BCUT2D eigenvalue weighted by Crippen LogP contribution is 2.20. The molecule has 1 heterocycles. The Labute approximate surface area is 74.4 Å². The zero-order valence-electron chi connectivity index (χ0n) is 8.22. The van der Waals surface area contributed by atoms with E-state index in [-0.39, 0.29) is 5.60 Å². The molecule has 3 heteroatoms. The lowest BCUT2D eigenvalue weighted by Gasteiger charge is -2.41. The molecule has 0 bridgehead atoms. The van der Waals surface area contributed by atoms with Crippen molar-refractivity contribution >= 4 is 0 Å². The number of nitrogens with one attached hydrogen (secondary N) is 1. The minimum Gasteiger partial charge on any atom is -0.379 e. The molecule has 1 aliphatic rings. The molecule has 0 atom stereocenters. The molecule has 0 aromatic rings. The Morgan fingerprint density at radius 1 is 1.42 bits per heavy atom. The summed E-state index contributed by atoms with van der Waals surface area (Å²) in [5, 5.41) is 3.21. The van der Waals surface area contributed by atoms with Gasteiger partial charge < -0.3 is 14.8 Å². The summed E-state index contributed by atoms with van der Waals surface area (Å²) in [6.45, 7) is 6.83. The highest BCUT2D eigenvalue weighted by atomic mass is 16.5. The Balaban J connectivity index is 2.12. The monoisotopic (exact) mass is 173 g/mol. The minimum atomic E-state index is 0.0644. The summed E-state index contributed by atoms with van der Waals surface area (Å²) in [5.74, 6) is 0. The first-order valence-electron chi connectivity index (χ1n) is 4.56. The minimum absolute atomic E-state index is 0.0644. The first kappa shape index (κ1) is 9.96. The summed E-state index contributed by atoms with van der Waals surface area (Å²) in [7, 11) is 1.77. The largest absolute Gasteiger partial charge is 0.379 e. The summed E-state index contributed by atoms with van der Waals surface area (Å²) in [6.07, 6.45) is 1.32. The molecule has 3 nitrogen and oxygen atoms in total. The van der Waals surface area contributed by atoms with Crippen molar-refractivity contribution in [2.45, 2.75) is 32.0 Å². The van der Waals surface area contributed by atoms with Crippen LogP contribution in [0, 0.1) is 0 Å². The van der Waals surface area contributed by atoms with Gasteiger partial charge in [-0.05, 0) is 13.8 Å². The Morgan fingerprint density at radius 2 is 2.08 bits per heavy atom. The molecule has 0 unspecified atom stereocenters. The smallest absolute Gasteiger partial charge is 0.0947 e. The van der Waals surface area contributed by atoms with Gasteiger partial charge in [-0.15, -0.1) is 0 Å². The van der Waals surface area contributed by atoms with Gasteiger partial charge in [-0.1, -0.05) is 0 Å². The van der Waals surface area contributed by atoms with Gasteiger partial charge in [0.05, 0.1) is 11.7 Å². The summed E-state index contributed by atoms with van der Waals surface area (Å²) in [6, 6.07) is 0. The number of rotatable bonds is 5. The van der Waals surface area contributed by atoms with Crippen molar-refractivity contribution in [3.05, 3.63) is 0 Å². The first-order valence-corrected chi connectivity index (χ1v) is 4.56. The van der Waals surface area contributed by atoms with Crippen molar-refractivity contribution in [1.29, 1.82) is 0 Å². The Kier molecular flexibility index (Phi) is 3.50. The third-order valence-corrected chi connectivity index (χ3v) is 2.34. The first-order chi connectivity index (χ1) is 5.68. The fourth-order valence-electron chi connectivity index (χ4n) is 1.31. The summed E-state index contributed by atoms with van der Waals surface area (Å²) in [5.41, 5.74) is 0.0644. The van der Waals surface area contributed by atoms with Gasteiger partial charge in [-0.25, -0.2) is 0 Å². The molecule has 0 spiro atoms. The maximum atomic E-state index is 5.47. The maximum Gasteiger partial charge on any atom is 0.0947 e. The van der Waals surface area contributed by atoms with E-state index in [2.05, 4.69) is 19.2 Å². The molecule has 1 N–H and O–H groups in total. The van der Waals surface area contributed by atoms with Gasteiger partial charge >= 0.3 is 0 Å². The van der Waals surface area contributed by atoms with Crippen LogP contribution in [0.4, 0.5) is 0 Å². The highest BCUT2D eigenvalue weighted by Gasteiger charge is 2.36. The van der Waals surface area contributed by atoms with E-state index in [9.17, 15) is 0 Å². The number of hydrogen-bond donors (Lipinski definition) is 1. The molecule has 0 aliphatic carbocycles. The second kappa shape index (κ2) is 4.21. The molecule has 0 amide bonds. The van der Waals surface area contributed by atoms with Gasteiger partial charge in [0.15, 0.2) is 0 Å². The lowest BCUT2D eigenvalue weighted by Crippen LogP contribution is -2.61. The quantitative estimate of drug-likeness (QED) is 0.666. The maximum absolute atomic E-state index is 5.47. The van der Waals surface area contributed by atoms with E-state index in [1.165, 1.54) is 0 Å². The lowest BCUT2D eigenvalue weighted by molar-refractivity contribution is -0.0768. The van der Waals surface area contributed by atoms with E-state index >= 15 is 0 Å². The third-order valence-electron chi connectivity index (χ3n) is 2.34. The van der Waals surface area contributed by atoms with Gasteiger partial charge in [-0.3, -0.25) is 0 Å². The lowest BCUT2D eigenvalue weighted by atomic mass is 9.93. The fourth-order valence-corrected chi connectivity index (χ4v) is 1.31. The molecule has 1 saturated heterocycles. The van der Waals surface area contributed by atoms with Crippen molar-refractivity contribution in [2.24, 2.45) is 0 Å². The Morgan fingerprint density at radius 3 is 2.42 bits per heavy atom. The van der Waals surface area contributed by atoms with Crippen LogP contribution in [0.25, 0.3) is 0 Å². The van der Waals surface area contributed by atoms with Gasteiger partial charge in [0.2, 0.25) is 0 Å². The standard InChI is InChI=1S/C9H19NO2/c1-8(2)12-5-4-9(11-3)6-10-7-9/h8,10H,4-7H2,1-3H3. The van der Waals surface area contributed by atoms with Crippen molar-refractivity contribution in [1.82, 2.24) is 5.32 Å². The van der Waals surface area contributed by atoms with Gasteiger partial charge in [0, 0.05) is 33.2 Å². The van der Waals surface area contributed by atoms with Crippen LogP contribution in [0.15, 0.2) is 0 Å². The van der Waals surface area contributed by atoms with Gasteiger partial charge in [0.1, 0.15) is 0 Å². The number of hydrogen-bond acceptors (Lipinski definition) is 3. The molecule has 12 heavy (non-hydrogen) atoms. The summed E-state index contributed by atoms with van der Waals surface area (Å²) >= 11 is 0. The molecule has 0 radical (unpaired) electrons. The number of methoxy groups -OCH3 is 1. The summed E-state index contributed by atoms with van der Waals surface area (Å²) < 4.78 is 10.9. The van der Waals surface area contributed by atoms with Crippen molar-refractivity contribution in [3.63, 3.8) is 0 Å². The molecule has 0 aromatic carbocycles.